The number of hydrogen-bond acceptors (Lipinski definition) is 7. The molecule has 8 heteroatoms. The maximum Gasteiger partial charge on any atom is 0.343 e. The summed E-state index contributed by atoms with van der Waals surface area (Å²) in [5.41, 5.74) is 8.94. The van der Waals surface area contributed by atoms with Gasteiger partial charge in [0.1, 0.15) is 23.1 Å². The topological polar surface area (TPSA) is 128 Å². The van der Waals surface area contributed by atoms with Crippen LogP contribution in [0.3, 0.4) is 0 Å². The SMILES string of the molecule is CCc1ccc(C2C(C#N)=C(N)Oc3cc(OC(=O)c4cccc([N+](=O)[O-])c4)ccc32)cc1. The minimum atomic E-state index is -0.748. The molecule has 0 aromatic heterocycles. The highest BCUT2D eigenvalue weighted by Gasteiger charge is 2.31. The van der Waals surface area contributed by atoms with Crippen molar-refractivity contribution in [3.8, 4) is 17.6 Å². The highest BCUT2D eigenvalue weighted by Crippen LogP contribution is 2.43. The molecule has 3 aromatic carbocycles. The minimum Gasteiger partial charge on any atom is -0.440 e. The number of esters is 1. The monoisotopic (exact) mass is 441 g/mol. The smallest absolute Gasteiger partial charge is 0.343 e. The Balaban J connectivity index is 1.66. The number of nitriles is 1. The van der Waals surface area contributed by atoms with Crippen LogP contribution in [0.2, 0.25) is 0 Å². The third-order valence-corrected chi connectivity index (χ3v) is 5.42. The number of carbonyl (C=O) groups is 1. The van der Waals surface area contributed by atoms with E-state index in [0.717, 1.165) is 18.1 Å². The van der Waals surface area contributed by atoms with Gasteiger partial charge in [-0.3, -0.25) is 10.1 Å². The molecule has 164 valence electrons. The summed E-state index contributed by atoms with van der Waals surface area (Å²) in [6.45, 7) is 2.06. The molecule has 0 amide bonds. The summed E-state index contributed by atoms with van der Waals surface area (Å²) in [4.78, 5) is 22.9. The molecule has 0 saturated heterocycles. The molecule has 1 aliphatic rings. The van der Waals surface area contributed by atoms with E-state index in [-0.39, 0.29) is 22.9 Å². The number of rotatable bonds is 5. The van der Waals surface area contributed by atoms with Gasteiger partial charge in [0.25, 0.3) is 5.69 Å². The Bertz CT molecular complexity index is 1320. The quantitative estimate of drug-likeness (QED) is 0.265. The van der Waals surface area contributed by atoms with Gasteiger partial charge >= 0.3 is 5.97 Å². The van der Waals surface area contributed by atoms with Crippen molar-refractivity contribution >= 4 is 11.7 Å². The first-order valence-electron chi connectivity index (χ1n) is 10.2. The first-order valence-corrected chi connectivity index (χ1v) is 10.2. The Morgan fingerprint density at radius 3 is 2.61 bits per heavy atom. The van der Waals surface area contributed by atoms with E-state index in [1.165, 1.54) is 29.8 Å². The van der Waals surface area contributed by atoms with Gasteiger partial charge in [0.2, 0.25) is 5.88 Å². The standard InChI is InChI=1S/C25H19N3O5/c1-2-15-6-8-16(9-7-15)23-20-11-10-19(13-22(20)33-24(27)21(23)14-26)32-25(29)17-4-3-5-18(12-17)28(30)31/h3-13,23H,2,27H2,1H3. The fraction of sp³-hybridized carbons (Fsp3) is 0.120. The van der Waals surface area contributed by atoms with Crippen LogP contribution in [0, 0.1) is 21.4 Å². The Labute approximate surface area is 189 Å². The zero-order valence-corrected chi connectivity index (χ0v) is 17.6. The number of ether oxygens (including phenoxy) is 2. The van der Waals surface area contributed by atoms with Gasteiger partial charge in [-0.2, -0.15) is 5.26 Å². The lowest BCUT2D eigenvalue weighted by Gasteiger charge is -2.26. The predicted octanol–water partition coefficient (Wildman–Crippen LogP) is 4.59. The molecule has 1 unspecified atom stereocenters. The van der Waals surface area contributed by atoms with Crippen LogP contribution in [0.1, 0.15) is 39.9 Å². The van der Waals surface area contributed by atoms with E-state index in [1.807, 2.05) is 24.3 Å². The van der Waals surface area contributed by atoms with E-state index in [4.69, 9.17) is 15.2 Å². The van der Waals surface area contributed by atoms with Crippen molar-refractivity contribution in [1.82, 2.24) is 0 Å². The van der Waals surface area contributed by atoms with E-state index >= 15 is 0 Å². The zero-order chi connectivity index (χ0) is 23.5. The second kappa shape index (κ2) is 8.85. The largest absolute Gasteiger partial charge is 0.440 e. The molecule has 0 spiro atoms. The highest BCUT2D eigenvalue weighted by molar-refractivity contribution is 5.91. The number of allylic oxidation sites excluding steroid dienone is 1. The van der Waals surface area contributed by atoms with Gasteiger partial charge in [-0.1, -0.05) is 43.3 Å². The van der Waals surface area contributed by atoms with Crippen LogP contribution in [-0.2, 0) is 6.42 Å². The van der Waals surface area contributed by atoms with Crippen LogP contribution in [0.25, 0.3) is 0 Å². The van der Waals surface area contributed by atoms with Crippen molar-refractivity contribution in [2.45, 2.75) is 19.3 Å². The molecular weight excluding hydrogens is 422 g/mol. The van der Waals surface area contributed by atoms with E-state index in [0.29, 0.717) is 16.9 Å². The van der Waals surface area contributed by atoms with Gasteiger partial charge in [-0.15, -0.1) is 0 Å². The van der Waals surface area contributed by atoms with Crippen LogP contribution < -0.4 is 15.2 Å². The normalized spacial score (nSPS) is 14.6. The van der Waals surface area contributed by atoms with Crippen LogP contribution in [0.15, 0.2) is 78.2 Å². The van der Waals surface area contributed by atoms with Crippen molar-refractivity contribution in [1.29, 1.82) is 5.26 Å². The second-order valence-corrected chi connectivity index (χ2v) is 7.42. The van der Waals surface area contributed by atoms with E-state index in [2.05, 4.69) is 13.0 Å². The first kappa shape index (κ1) is 21.6. The molecule has 0 fully saturated rings. The first-order chi connectivity index (χ1) is 15.9. The summed E-state index contributed by atoms with van der Waals surface area (Å²) in [5, 5.41) is 20.7. The third kappa shape index (κ3) is 4.25. The van der Waals surface area contributed by atoms with Crippen molar-refractivity contribution in [2.24, 2.45) is 5.73 Å². The Morgan fingerprint density at radius 2 is 1.94 bits per heavy atom. The molecule has 1 atom stereocenters. The molecule has 1 aliphatic heterocycles. The molecule has 0 bridgehead atoms. The maximum absolute atomic E-state index is 12.5. The van der Waals surface area contributed by atoms with Crippen molar-refractivity contribution in [2.75, 3.05) is 0 Å². The van der Waals surface area contributed by atoms with E-state index in [9.17, 15) is 20.2 Å². The van der Waals surface area contributed by atoms with Crippen LogP contribution in [0.4, 0.5) is 5.69 Å². The molecule has 4 rings (SSSR count). The molecule has 8 nitrogen and oxygen atoms in total. The van der Waals surface area contributed by atoms with E-state index < -0.39 is 16.8 Å². The highest BCUT2D eigenvalue weighted by atomic mass is 16.6. The Kier molecular flexibility index (Phi) is 5.79. The van der Waals surface area contributed by atoms with Gasteiger partial charge < -0.3 is 15.2 Å². The molecule has 3 aromatic rings. The number of fused-ring (bicyclic) bond motifs is 1. The summed E-state index contributed by atoms with van der Waals surface area (Å²) in [6, 6.07) is 20.2. The summed E-state index contributed by atoms with van der Waals surface area (Å²) < 4.78 is 11.1. The summed E-state index contributed by atoms with van der Waals surface area (Å²) in [5.74, 6) is -0.649. The lowest BCUT2D eigenvalue weighted by molar-refractivity contribution is -0.384. The number of nitro groups is 1. The average Bonchev–Trinajstić information content (AvgIpc) is 2.83. The van der Waals surface area contributed by atoms with Gasteiger partial charge in [0.05, 0.1) is 16.4 Å². The Hall–Kier alpha value is -4.64. The van der Waals surface area contributed by atoms with Crippen molar-refractivity contribution in [3.05, 3.63) is 111 Å². The number of benzene rings is 3. The van der Waals surface area contributed by atoms with Crippen LogP contribution in [0.5, 0.6) is 11.5 Å². The van der Waals surface area contributed by atoms with Gasteiger partial charge in [0, 0.05) is 23.8 Å². The number of nitrogens with two attached hydrogens (primary N) is 1. The number of nitro benzene ring substituents is 1. The van der Waals surface area contributed by atoms with Crippen LogP contribution in [-0.4, -0.2) is 10.9 Å². The molecular formula is C25H19N3O5. The molecule has 0 radical (unpaired) electrons. The fourth-order valence-corrected chi connectivity index (χ4v) is 3.70. The zero-order valence-electron chi connectivity index (χ0n) is 17.6. The van der Waals surface area contributed by atoms with Gasteiger partial charge in [0.15, 0.2) is 0 Å². The fourth-order valence-electron chi connectivity index (χ4n) is 3.70. The number of non-ortho nitro benzene ring substituents is 1. The lowest BCUT2D eigenvalue weighted by atomic mass is 9.83. The summed E-state index contributed by atoms with van der Waals surface area (Å²) in [7, 11) is 0. The number of carbonyl (C=O) groups excluding carboxylic acids is 1. The van der Waals surface area contributed by atoms with Crippen molar-refractivity contribution < 1.29 is 19.2 Å². The predicted molar refractivity (Wildman–Crippen MR) is 120 cm³/mol. The molecule has 0 aliphatic carbocycles. The third-order valence-electron chi connectivity index (χ3n) is 5.42. The Morgan fingerprint density at radius 1 is 1.18 bits per heavy atom. The maximum atomic E-state index is 12.5. The summed E-state index contributed by atoms with van der Waals surface area (Å²) >= 11 is 0. The second-order valence-electron chi connectivity index (χ2n) is 7.42. The van der Waals surface area contributed by atoms with Gasteiger partial charge in [-0.25, -0.2) is 4.79 Å². The average molecular weight is 441 g/mol. The molecule has 2 N–H and O–H groups in total. The molecule has 1 heterocycles. The van der Waals surface area contributed by atoms with Crippen LogP contribution >= 0.6 is 0 Å². The minimum absolute atomic E-state index is 0.0169. The molecule has 0 saturated carbocycles. The number of nitrogens with zero attached hydrogens (tertiary/aromatic N) is 2. The van der Waals surface area contributed by atoms with Gasteiger partial charge in [-0.05, 0) is 29.7 Å². The van der Waals surface area contributed by atoms with E-state index in [1.54, 1.807) is 12.1 Å². The number of aryl methyl sites for hydroxylation is 1. The molecule has 33 heavy (non-hydrogen) atoms. The number of hydrogen-bond donors (Lipinski definition) is 1. The summed E-state index contributed by atoms with van der Waals surface area (Å²) in [6.07, 6.45) is 0.896. The van der Waals surface area contributed by atoms with Crippen molar-refractivity contribution in [3.63, 3.8) is 0 Å². The lowest BCUT2D eigenvalue weighted by Crippen LogP contribution is -2.21.